The molecule has 172 valence electrons. The summed E-state index contributed by atoms with van der Waals surface area (Å²) in [4.78, 5) is 17.1. The fourth-order valence-corrected chi connectivity index (χ4v) is 3.37. The molecule has 1 N–H and O–H groups in total. The molecule has 3 aromatic carbocycles. The largest absolute Gasteiger partial charge is 0.490 e. The highest BCUT2D eigenvalue weighted by Crippen LogP contribution is 2.37. The maximum Gasteiger partial charge on any atom is 0.265 e. The highest BCUT2D eigenvalue weighted by atomic mass is 79.9. The van der Waals surface area contributed by atoms with Gasteiger partial charge in [0.25, 0.3) is 5.91 Å². The van der Waals surface area contributed by atoms with Gasteiger partial charge in [0.1, 0.15) is 6.61 Å². The van der Waals surface area contributed by atoms with Crippen molar-refractivity contribution in [3.63, 3.8) is 0 Å². The molecule has 0 radical (unpaired) electrons. The molecule has 8 heteroatoms. The summed E-state index contributed by atoms with van der Waals surface area (Å²) in [5.41, 5.74) is 3.46. The van der Waals surface area contributed by atoms with E-state index in [1.165, 1.54) is 6.21 Å². The number of aryl methyl sites for hydroxylation is 1. The molecule has 0 heterocycles. The predicted molar refractivity (Wildman–Crippen MR) is 134 cm³/mol. The quantitative estimate of drug-likeness (QED) is 0.243. The molecule has 6 nitrogen and oxygen atoms in total. The lowest BCUT2D eigenvalue weighted by Gasteiger charge is -2.14. The van der Waals surface area contributed by atoms with Gasteiger partial charge in [-0.1, -0.05) is 62.5 Å². The number of carbonyl (C=O) groups excluding carboxylic acids is 1. The lowest BCUT2D eigenvalue weighted by molar-refractivity contribution is -0.120. The fraction of sp³-hybridized carbons (Fsp3) is 0.200. The molecule has 3 rings (SSSR count). The summed E-state index contributed by atoms with van der Waals surface area (Å²) < 4.78 is 12.6. The molecule has 1 amide bonds. The zero-order valence-electron chi connectivity index (χ0n) is 18.3. The standard InChI is InChI=1S/C25H24BrClN2O4/c1-3-31-23-13-19(12-22(27)25(23)32-15-18-6-8-20(26)9-7-18)14-28-33-16-24(30)29-21-10-4-17(2)5-11-21/h4-14H,3,15-16H2,1-2H3,(H,29,30)/b28-14+. The van der Waals surface area contributed by atoms with Crippen molar-refractivity contribution >= 4 is 45.3 Å². The van der Waals surface area contributed by atoms with E-state index in [1.54, 1.807) is 12.1 Å². The zero-order chi connectivity index (χ0) is 23.6. The molecule has 0 aliphatic rings. The number of hydrogen-bond acceptors (Lipinski definition) is 5. The second-order valence-electron chi connectivity index (χ2n) is 7.10. The molecule has 0 saturated carbocycles. The first kappa shape index (κ1) is 24.6. The number of rotatable bonds is 10. The zero-order valence-corrected chi connectivity index (χ0v) is 20.7. The Balaban J connectivity index is 1.59. The van der Waals surface area contributed by atoms with Crippen molar-refractivity contribution in [2.45, 2.75) is 20.5 Å². The van der Waals surface area contributed by atoms with E-state index in [0.29, 0.717) is 41.0 Å². The van der Waals surface area contributed by atoms with Gasteiger partial charge in [0, 0.05) is 15.7 Å². The molecule has 0 aliphatic carbocycles. The van der Waals surface area contributed by atoms with Crippen molar-refractivity contribution in [3.05, 3.63) is 86.8 Å². The third-order valence-corrected chi connectivity index (χ3v) is 5.24. The van der Waals surface area contributed by atoms with E-state index in [-0.39, 0.29) is 12.5 Å². The molecule has 33 heavy (non-hydrogen) atoms. The molecule has 0 aliphatic heterocycles. The number of carbonyl (C=O) groups is 1. The summed E-state index contributed by atoms with van der Waals surface area (Å²) >= 11 is 9.86. The predicted octanol–water partition coefficient (Wildman–Crippen LogP) is 6.38. The number of nitrogens with one attached hydrogen (secondary N) is 1. The van der Waals surface area contributed by atoms with Crippen LogP contribution < -0.4 is 14.8 Å². The number of benzene rings is 3. The van der Waals surface area contributed by atoms with Crippen molar-refractivity contribution in [3.8, 4) is 11.5 Å². The van der Waals surface area contributed by atoms with Gasteiger partial charge in [-0.15, -0.1) is 0 Å². The first-order valence-corrected chi connectivity index (χ1v) is 11.5. The van der Waals surface area contributed by atoms with Crippen molar-refractivity contribution < 1.29 is 19.1 Å². The molecule has 0 atom stereocenters. The number of nitrogens with zero attached hydrogens (tertiary/aromatic N) is 1. The van der Waals surface area contributed by atoms with E-state index in [9.17, 15) is 4.79 Å². The van der Waals surface area contributed by atoms with E-state index in [0.717, 1.165) is 15.6 Å². The third kappa shape index (κ3) is 7.80. The second kappa shape index (κ2) is 12.3. The number of amides is 1. The maximum atomic E-state index is 12.0. The SMILES string of the molecule is CCOc1cc(/C=N/OCC(=O)Nc2ccc(C)cc2)cc(Cl)c1OCc1ccc(Br)cc1. The van der Waals surface area contributed by atoms with Crippen molar-refractivity contribution in [1.82, 2.24) is 0 Å². The summed E-state index contributed by atoms with van der Waals surface area (Å²) in [6, 6.07) is 18.8. The minimum atomic E-state index is -0.305. The van der Waals surface area contributed by atoms with Crippen LogP contribution in [0.2, 0.25) is 5.02 Å². The molecule has 0 aromatic heterocycles. The highest BCUT2D eigenvalue weighted by molar-refractivity contribution is 9.10. The van der Waals surface area contributed by atoms with Crippen molar-refractivity contribution in [1.29, 1.82) is 0 Å². The normalized spacial score (nSPS) is 10.8. The highest BCUT2D eigenvalue weighted by Gasteiger charge is 2.13. The molecule has 3 aromatic rings. The Morgan fingerprint density at radius 1 is 1.09 bits per heavy atom. The number of hydrogen-bond donors (Lipinski definition) is 1. The van der Waals surface area contributed by atoms with Crippen LogP contribution in [0.5, 0.6) is 11.5 Å². The smallest absolute Gasteiger partial charge is 0.265 e. The summed E-state index contributed by atoms with van der Waals surface area (Å²) in [6.07, 6.45) is 1.46. The molecule has 0 saturated heterocycles. The Kier molecular flexibility index (Phi) is 9.15. The van der Waals surface area contributed by atoms with Gasteiger partial charge in [-0.3, -0.25) is 4.79 Å². The fourth-order valence-electron chi connectivity index (χ4n) is 2.83. The Morgan fingerprint density at radius 3 is 2.52 bits per heavy atom. The third-order valence-electron chi connectivity index (χ3n) is 4.44. The number of oxime groups is 1. The van der Waals surface area contributed by atoms with Crippen molar-refractivity contribution in [2.24, 2.45) is 5.16 Å². The number of anilines is 1. The molecule has 0 bridgehead atoms. The van der Waals surface area contributed by atoms with Gasteiger partial charge in [-0.25, -0.2) is 0 Å². The summed E-state index contributed by atoms with van der Waals surface area (Å²) in [6.45, 7) is 4.43. The van der Waals surface area contributed by atoms with E-state index in [4.69, 9.17) is 25.9 Å². The van der Waals surface area contributed by atoms with Gasteiger partial charge < -0.3 is 19.6 Å². The van der Waals surface area contributed by atoms with Gasteiger partial charge in [-0.2, -0.15) is 0 Å². The Hall–Kier alpha value is -3.03. The van der Waals surface area contributed by atoms with E-state index < -0.39 is 0 Å². The summed E-state index contributed by atoms with van der Waals surface area (Å²) in [5, 5.41) is 6.99. The van der Waals surface area contributed by atoms with Gasteiger partial charge in [0.15, 0.2) is 18.1 Å². The van der Waals surface area contributed by atoms with Crippen LogP contribution in [-0.2, 0) is 16.2 Å². The molecule has 0 fully saturated rings. The van der Waals surface area contributed by atoms with Crippen LogP contribution in [0.3, 0.4) is 0 Å². The van der Waals surface area contributed by atoms with E-state index in [2.05, 4.69) is 26.4 Å². The topological polar surface area (TPSA) is 69.2 Å². The van der Waals surface area contributed by atoms with Gasteiger partial charge >= 0.3 is 0 Å². The van der Waals surface area contributed by atoms with E-state index in [1.807, 2.05) is 62.4 Å². The van der Waals surface area contributed by atoms with Crippen LogP contribution >= 0.6 is 27.5 Å². The molecular formula is C25H24BrClN2O4. The Morgan fingerprint density at radius 2 is 1.82 bits per heavy atom. The van der Waals surface area contributed by atoms with E-state index >= 15 is 0 Å². The lowest BCUT2D eigenvalue weighted by atomic mass is 10.2. The number of ether oxygens (including phenoxy) is 2. The average molecular weight is 532 g/mol. The first-order chi connectivity index (χ1) is 15.9. The minimum absolute atomic E-state index is 0.217. The Bertz CT molecular complexity index is 1100. The number of halogens is 2. The Labute approximate surface area is 206 Å². The first-order valence-electron chi connectivity index (χ1n) is 10.3. The van der Waals surface area contributed by atoms with Crippen LogP contribution in [0.15, 0.2) is 70.3 Å². The van der Waals surface area contributed by atoms with Crippen LogP contribution in [0.25, 0.3) is 0 Å². The van der Waals surface area contributed by atoms with Crippen molar-refractivity contribution in [2.75, 3.05) is 18.5 Å². The monoisotopic (exact) mass is 530 g/mol. The minimum Gasteiger partial charge on any atom is -0.490 e. The molecule has 0 unspecified atom stereocenters. The van der Waals surface area contributed by atoms with Crippen LogP contribution in [-0.4, -0.2) is 25.3 Å². The van der Waals surface area contributed by atoms with Crippen LogP contribution in [0, 0.1) is 6.92 Å². The summed E-state index contributed by atoms with van der Waals surface area (Å²) in [5.74, 6) is 0.651. The molecular weight excluding hydrogens is 508 g/mol. The van der Waals surface area contributed by atoms with Crippen LogP contribution in [0.1, 0.15) is 23.6 Å². The second-order valence-corrected chi connectivity index (χ2v) is 8.42. The van der Waals surface area contributed by atoms with Gasteiger partial charge in [-0.05, 0) is 55.8 Å². The summed E-state index contributed by atoms with van der Waals surface area (Å²) in [7, 11) is 0. The maximum absolute atomic E-state index is 12.0. The lowest BCUT2D eigenvalue weighted by Crippen LogP contribution is -2.16. The molecule has 0 spiro atoms. The average Bonchev–Trinajstić information content (AvgIpc) is 2.79. The van der Waals surface area contributed by atoms with Gasteiger partial charge in [0.05, 0.1) is 17.8 Å². The van der Waals surface area contributed by atoms with Gasteiger partial charge in [0.2, 0.25) is 0 Å². The van der Waals surface area contributed by atoms with Crippen LogP contribution in [0.4, 0.5) is 5.69 Å².